The third-order valence-electron chi connectivity index (χ3n) is 5.21. The van der Waals surface area contributed by atoms with Gasteiger partial charge in [0.1, 0.15) is 17.2 Å². The van der Waals surface area contributed by atoms with Gasteiger partial charge in [0.15, 0.2) is 5.78 Å². The first-order chi connectivity index (χ1) is 15.2. The van der Waals surface area contributed by atoms with Gasteiger partial charge in [-0.15, -0.1) is 0 Å². The minimum atomic E-state index is -0.725. The van der Waals surface area contributed by atoms with Crippen LogP contribution in [-0.2, 0) is 13.6 Å². The molecule has 1 aromatic heterocycles. The molecule has 0 aliphatic heterocycles. The van der Waals surface area contributed by atoms with Crippen LogP contribution in [0.4, 0.5) is 10.2 Å². The van der Waals surface area contributed by atoms with Crippen molar-refractivity contribution in [2.24, 2.45) is 13.0 Å². The Labute approximate surface area is 185 Å². The Balaban J connectivity index is 1.95. The molecule has 0 radical (unpaired) electrons. The summed E-state index contributed by atoms with van der Waals surface area (Å²) in [5.41, 5.74) is 6.24. The summed E-state index contributed by atoms with van der Waals surface area (Å²) in [5.74, 6) is -0.921. The molecular formula is C24H27FN4O3. The number of carbonyl (C=O) groups is 1. The topological polar surface area (TPSA) is 99.1 Å². The fourth-order valence-corrected chi connectivity index (χ4v) is 3.60. The number of Topliss-reactive ketones (excluding diaryl/α,β-unsaturated/α-hetero) is 1. The van der Waals surface area contributed by atoms with Gasteiger partial charge in [0, 0.05) is 13.6 Å². The number of nitrogens with two attached hydrogens (primary N) is 1. The highest BCUT2D eigenvalue weighted by atomic mass is 19.1. The van der Waals surface area contributed by atoms with Gasteiger partial charge in [-0.25, -0.2) is 9.18 Å². The SMILES string of the molecule is CC(C)Cn1c(N)c(C(=O)CNC(c2ccccc2)c2ccc(F)cc2)c(=O)n(C)c1=O. The normalized spacial score (nSPS) is 12.2. The van der Waals surface area contributed by atoms with Crippen molar-refractivity contribution in [3.8, 4) is 0 Å². The van der Waals surface area contributed by atoms with Crippen molar-refractivity contribution in [3.63, 3.8) is 0 Å². The lowest BCUT2D eigenvalue weighted by Gasteiger charge is -2.20. The van der Waals surface area contributed by atoms with Crippen LogP contribution in [0.3, 0.4) is 0 Å². The summed E-state index contributed by atoms with van der Waals surface area (Å²) in [5, 5.41) is 3.16. The molecule has 0 fully saturated rings. The van der Waals surface area contributed by atoms with E-state index >= 15 is 0 Å². The molecule has 0 spiro atoms. The number of hydrogen-bond donors (Lipinski definition) is 2. The van der Waals surface area contributed by atoms with Gasteiger partial charge >= 0.3 is 5.69 Å². The van der Waals surface area contributed by atoms with Crippen molar-refractivity contribution in [3.05, 3.63) is 97.9 Å². The molecule has 0 aliphatic carbocycles. The van der Waals surface area contributed by atoms with Crippen LogP contribution in [0.25, 0.3) is 0 Å². The number of hydrogen-bond acceptors (Lipinski definition) is 5. The summed E-state index contributed by atoms with van der Waals surface area (Å²) >= 11 is 0. The summed E-state index contributed by atoms with van der Waals surface area (Å²) in [6.07, 6.45) is 0. The molecule has 2 aromatic carbocycles. The van der Waals surface area contributed by atoms with Gasteiger partial charge in [0.25, 0.3) is 5.56 Å². The zero-order valence-corrected chi connectivity index (χ0v) is 18.3. The second kappa shape index (κ2) is 9.74. The molecule has 0 saturated heterocycles. The van der Waals surface area contributed by atoms with Crippen molar-refractivity contribution in [1.82, 2.24) is 14.5 Å². The molecule has 168 valence electrons. The van der Waals surface area contributed by atoms with Gasteiger partial charge in [-0.05, 0) is 29.2 Å². The van der Waals surface area contributed by atoms with Gasteiger partial charge in [-0.3, -0.25) is 24.0 Å². The van der Waals surface area contributed by atoms with Gasteiger partial charge in [-0.2, -0.15) is 0 Å². The lowest BCUT2D eigenvalue weighted by Crippen LogP contribution is -2.44. The van der Waals surface area contributed by atoms with Crippen LogP contribution in [0, 0.1) is 11.7 Å². The van der Waals surface area contributed by atoms with Crippen LogP contribution in [0.1, 0.15) is 41.4 Å². The van der Waals surface area contributed by atoms with E-state index in [-0.39, 0.29) is 36.2 Å². The zero-order chi connectivity index (χ0) is 23.4. The number of nitrogens with zero attached hydrogens (tertiary/aromatic N) is 2. The molecule has 0 bridgehead atoms. The molecule has 3 aromatic rings. The van der Waals surface area contributed by atoms with Gasteiger partial charge in [0.2, 0.25) is 0 Å². The van der Waals surface area contributed by atoms with E-state index in [0.29, 0.717) is 0 Å². The Kier molecular flexibility index (Phi) is 7.05. The van der Waals surface area contributed by atoms with E-state index < -0.39 is 23.1 Å². The summed E-state index contributed by atoms with van der Waals surface area (Å²) < 4.78 is 15.6. The highest BCUT2D eigenvalue weighted by Gasteiger charge is 2.23. The molecule has 8 heteroatoms. The number of carbonyl (C=O) groups excluding carboxylic acids is 1. The minimum absolute atomic E-state index is 0.0921. The Morgan fingerprint density at radius 1 is 1.03 bits per heavy atom. The first kappa shape index (κ1) is 23.1. The predicted octanol–water partition coefficient (Wildman–Crippen LogP) is 2.49. The van der Waals surface area contributed by atoms with Crippen molar-refractivity contribution < 1.29 is 9.18 Å². The minimum Gasteiger partial charge on any atom is -0.384 e. The highest BCUT2D eigenvalue weighted by Crippen LogP contribution is 2.22. The number of aromatic nitrogens is 2. The fourth-order valence-electron chi connectivity index (χ4n) is 3.60. The Bertz CT molecular complexity index is 1210. The third kappa shape index (κ3) is 4.86. The molecule has 0 amide bonds. The zero-order valence-electron chi connectivity index (χ0n) is 18.3. The highest BCUT2D eigenvalue weighted by molar-refractivity contribution is 6.01. The second-order valence-corrected chi connectivity index (χ2v) is 8.11. The summed E-state index contributed by atoms with van der Waals surface area (Å²) in [6, 6.07) is 15.0. The van der Waals surface area contributed by atoms with Crippen LogP contribution < -0.4 is 22.3 Å². The first-order valence-corrected chi connectivity index (χ1v) is 10.4. The van der Waals surface area contributed by atoms with E-state index in [2.05, 4.69) is 5.32 Å². The smallest absolute Gasteiger partial charge is 0.332 e. The number of nitrogens with one attached hydrogen (secondary N) is 1. The first-order valence-electron chi connectivity index (χ1n) is 10.4. The number of anilines is 1. The van der Waals surface area contributed by atoms with Crippen LogP contribution in [0.2, 0.25) is 0 Å². The molecule has 1 unspecified atom stereocenters. The quantitative estimate of drug-likeness (QED) is 0.527. The largest absolute Gasteiger partial charge is 0.384 e. The Morgan fingerprint density at radius 3 is 2.22 bits per heavy atom. The Hall–Kier alpha value is -3.52. The molecular weight excluding hydrogens is 411 g/mol. The molecule has 32 heavy (non-hydrogen) atoms. The van der Waals surface area contributed by atoms with Gasteiger partial charge in [-0.1, -0.05) is 56.3 Å². The number of benzene rings is 2. The molecule has 7 nitrogen and oxygen atoms in total. The Morgan fingerprint density at radius 2 is 1.62 bits per heavy atom. The lowest BCUT2D eigenvalue weighted by atomic mass is 9.98. The fraction of sp³-hybridized carbons (Fsp3) is 0.292. The number of rotatable bonds is 8. The number of halogens is 1. The van der Waals surface area contributed by atoms with Gasteiger partial charge < -0.3 is 5.73 Å². The standard InChI is InChI=1S/C24H27FN4O3/c1-15(2)14-29-22(26)20(23(31)28(3)24(29)32)19(30)13-27-21(16-7-5-4-6-8-16)17-9-11-18(25)12-10-17/h4-12,15,21,27H,13-14,26H2,1-3H3. The van der Waals surface area contributed by atoms with Crippen molar-refractivity contribution in [1.29, 1.82) is 0 Å². The summed E-state index contributed by atoms with van der Waals surface area (Å²) in [4.78, 5) is 38.2. The van der Waals surface area contributed by atoms with Gasteiger partial charge in [0.05, 0.1) is 12.6 Å². The van der Waals surface area contributed by atoms with Crippen LogP contribution >= 0.6 is 0 Å². The lowest BCUT2D eigenvalue weighted by molar-refractivity contribution is 0.0986. The average molecular weight is 439 g/mol. The molecule has 3 N–H and O–H groups in total. The third-order valence-corrected chi connectivity index (χ3v) is 5.21. The van der Waals surface area contributed by atoms with Crippen LogP contribution in [0.15, 0.2) is 64.2 Å². The second-order valence-electron chi connectivity index (χ2n) is 8.11. The van der Waals surface area contributed by atoms with E-state index in [4.69, 9.17) is 5.73 Å². The van der Waals surface area contributed by atoms with E-state index in [1.165, 1.54) is 23.7 Å². The number of nitrogen functional groups attached to an aromatic ring is 1. The van der Waals surface area contributed by atoms with Crippen LogP contribution in [0.5, 0.6) is 0 Å². The van der Waals surface area contributed by atoms with E-state index in [1.807, 2.05) is 44.2 Å². The maximum Gasteiger partial charge on any atom is 0.332 e. The van der Waals surface area contributed by atoms with E-state index in [1.54, 1.807) is 12.1 Å². The molecule has 3 rings (SSSR count). The van der Waals surface area contributed by atoms with E-state index in [9.17, 15) is 18.8 Å². The van der Waals surface area contributed by atoms with Crippen molar-refractivity contribution in [2.75, 3.05) is 12.3 Å². The van der Waals surface area contributed by atoms with Crippen molar-refractivity contribution in [2.45, 2.75) is 26.4 Å². The summed E-state index contributed by atoms with van der Waals surface area (Å²) in [7, 11) is 1.33. The molecule has 1 heterocycles. The molecule has 0 aliphatic rings. The maximum absolute atomic E-state index is 13.4. The maximum atomic E-state index is 13.4. The molecule has 1 atom stereocenters. The average Bonchev–Trinajstić information content (AvgIpc) is 2.77. The van der Waals surface area contributed by atoms with Crippen LogP contribution in [-0.4, -0.2) is 21.5 Å². The molecule has 0 saturated carbocycles. The predicted molar refractivity (Wildman–Crippen MR) is 122 cm³/mol. The van der Waals surface area contributed by atoms with Crippen molar-refractivity contribution >= 4 is 11.6 Å². The number of ketones is 1. The summed E-state index contributed by atoms with van der Waals surface area (Å²) in [6.45, 7) is 3.91. The monoisotopic (exact) mass is 438 g/mol. The van der Waals surface area contributed by atoms with E-state index in [0.717, 1.165) is 15.7 Å².